The SMILES string of the molecule is NCCCC1COC(Cc2ccc(O)cc2)=N1. The largest absolute Gasteiger partial charge is 0.508 e. The summed E-state index contributed by atoms with van der Waals surface area (Å²) in [4.78, 5) is 4.52. The maximum absolute atomic E-state index is 9.18. The highest BCUT2D eigenvalue weighted by Crippen LogP contribution is 2.15. The van der Waals surface area contributed by atoms with Gasteiger partial charge in [0.1, 0.15) is 12.4 Å². The molecule has 1 unspecified atom stereocenters. The first-order chi connectivity index (χ1) is 8.28. The summed E-state index contributed by atoms with van der Waals surface area (Å²) < 4.78 is 5.54. The van der Waals surface area contributed by atoms with E-state index in [1.165, 1.54) is 0 Å². The van der Waals surface area contributed by atoms with E-state index in [4.69, 9.17) is 10.5 Å². The Labute approximate surface area is 101 Å². The Hall–Kier alpha value is -1.55. The highest BCUT2D eigenvalue weighted by Gasteiger charge is 2.18. The van der Waals surface area contributed by atoms with Gasteiger partial charge in [-0.1, -0.05) is 12.1 Å². The third kappa shape index (κ3) is 3.46. The highest BCUT2D eigenvalue weighted by atomic mass is 16.5. The van der Waals surface area contributed by atoms with Gasteiger partial charge in [-0.2, -0.15) is 0 Å². The van der Waals surface area contributed by atoms with E-state index in [1.54, 1.807) is 12.1 Å². The number of rotatable bonds is 5. The number of nitrogens with two attached hydrogens (primary N) is 1. The quantitative estimate of drug-likeness (QED) is 0.810. The summed E-state index contributed by atoms with van der Waals surface area (Å²) in [6, 6.07) is 7.39. The first-order valence-electron chi connectivity index (χ1n) is 5.95. The number of aliphatic imine (C=N–C) groups is 1. The minimum Gasteiger partial charge on any atom is -0.508 e. The molecule has 1 aromatic carbocycles. The molecule has 0 fully saturated rings. The molecule has 0 spiro atoms. The van der Waals surface area contributed by atoms with Crippen molar-refractivity contribution in [3.63, 3.8) is 0 Å². The molecule has 17 heavy (non-hydrogen) atoms. The molecule has 0 bridgehead atoms. The van der Waals surface area contributed by atoms with Gasteiger partial charge in [0.2, 0.25) is 0 Å². The summed E-state index contributed by atoms with van der Waals surface area (Å²) in [7, 11) is 0. The second kappa shape index (κ2) is 5.68. The van der Waals surface area contributed by atoms with Crippen molar-refractivity contribution in [2.45, 2.75) is 25.3 Å². The third-order valence-electron chi connectivity index (χ3n) is 2.80. The molecule has 0 saturated carbocycles. The van der Waals surface area contributed by atoms with Crippen LogP contribution in [0.25, 0.3) is 0 Å². The number of nitrogens with zero attached hydrogens (tertiary/aromatic N) is 1. The molecule has 1 aliphatic rings. The second-order valence-electron chi connectivity index (χ2n) is 4.26. The van der Waals surface area contributed by atoms with E-state index in [-0.39, 0.29) is 11.8 Å². The van der Waals surface area contributed by atoms with Gasteiger partial charge in [-0.05, 0) is 37.1 Å². The summed E-state index contributed by atoms with van der Waals surface area (Å²) in [5, 5.41) is 9.18. The molecule has 92 valence electrons. The lowest BCUT2D eigenvalue weighted by Crippen LogP contribution is -2.09. The Morgan fingerprint density at radius 2 is 2.12 bits per heavy atom. The molecule has 1 aliphatic heterocycles. The highest BCUT2D eigenvalue weighted by molar-refractivity contribution is 5.80. The predicted octanol–water partition coefficient (Wildman–Crippen LogP) is 1.47. The molecule has 0 aromatic heterocycles. The fourth-order valence-corrected chi connectivity index (χ4v) is 1.86. The zero-order valence-electron chi connectivity index (χ0n) is 9.80. The van der Waals surface area contributed by atoms with Gasteiger partial charge in [0, 0.05) is 6.42 Å². The summed E-state index contributed by atoms with van der Waals surface area (Å²) in [6.45, 7) is 1.38. The van der Waals surface area contributed by atoms with Crippen molar-refractivity contribution >= 4 is 5.90 Å². The summed E-state index contributed by atoms with van der Waals surface area (Å²) >= 11 is 0. The van der Waals surface area contributed by atoms with Gasteiger partial charge < -0.3 is 15.6 Å². The number of hydrogen-bond acceptors (Lipinski definition) is 4. The Morgan fingerprint density at radius 3 is 2.82 bits per heavy atom. The van der Waals surface area contributed by atoms with E-state index >= 15 is 0 Å². The Morgan fingerprint density at radius 1 is 1.35 bits per heavy atom. The topological polar surface area (TPSA) is 67.8 Å². The maximum Gasteiger partial charge on any atom is 0.188 e. The number of phenolic OH excluding ortho intramolecular Hbond substituents is 1. The maximum atomic E-state index is 9.18. The zero-order chi connectivity index (χ0) is 12.1. The lowest BCUT2D eigenvalue weighted by molar-refractivity contribution is 0.305. The summed E-state index contributed by atoms with van der Waals surface area (Å²) in [5.74, 6) is 1.07. The van der Waals surface area contributed by atoms with Crippen molar-refractivity contribution in [1.29, 1.82) is 0 Å². The first-order valence-corrected chi connectivity index (χ1v) is 5.95. The molecule has 1 atom stereocenters. The van der Waals surface area contributed by atoms with Gasteiger partial charge in [-0.3, -0.25) is 0 Å². The van der Waals surface area contributed by atoms with E-state index in [9.17, 15) is 5.11 Å². The summed E-state index contributed by atoms with van der Waals surface area (Å²) in [5.41, 5.74) is 6.56. The molecule has 1 aromatic rings. The lowest BCUT2D eigenvalue weighted by Gasteiger charge is -2.02. The molecule has 1 heterocycles. The van der Waals surface area contributed by atoms with Gasteiger partial charge in [0.05, 0.1) is 6.04 Å². The van der Waals surface area contributed by atoms with Gasteiger partial charge in [0.25, 0.3) is 0 Å². The van der Waals surface area contributed by atoms with Crippen LogP contribution < -0.4 is 5.73 Å². The fourth-order valence-electron chi connectivity index (χ4n) is 1.86. The molecule has 2 rings (SSSR count). The van der Waals surface area contributed by atoms with Crippen molar-refractivity contribution in [3.05, 3.63) is 29.8 Å². The Kier molecular flexibility index (Phi) is 3.98. The van der Waals surface area contributed by atoms with Crippen molar-refractivity contribution in [1.82, 2.24) is 0 Å². The van der Waals surface area contributed by atoms with E-state index in [0.717, 1.165) is 24.3 Å². The van der Waals surface area contributed by atoms with Crippen LogP contribution in [-0.2, 0) is 11.2 Å². The molecule has 0 amide bonds. The van der Waals surface area contributed by atoms with Crippen LogP contribution in [0.5, 0.6) is 5.75 Å². The molecule has 3 N–H and O–H groups in total. The monoisotopic (exact) mass is 234 g/mol. The first kappa shape index (κ1) is 11.9. The van der Waals surface area contributed by atoms with Crippen LogP contribution in [0.1, 0.15) is 18.4 Å². The minimum atomic E-state index is 0.269. The third-order valence-corrected chi connectivity index (χ3v) is 2.80. The lowest BCUT2D eigenvalue weighted by atomic mass is 10.1. The molecule has 0 aliphatic carbocycles. The molecular formula is C13H18N2O2. The van der Waals surface area contributed by atoms with Gasteiger partial charge in [-0.15, -0.1) is 0 Å². The van der Waals surface area contributed by atoms with Crippen LogP contribution in [0, 0.1) is 0 Å². The van der Waals surface area contributed by atoms with Crippen LogP contribution in [0.2, 0.25) is 0 Å². The van der Waals surface area contributed by atoms with E-state index in [0.29, 0.717) is 19.6 Å². The molecule has 4 heteroatoms. The van der Waals surface area contributed by atoms with Crippen LogP contribution in [0.4, 0.5) is 0 Å². The van der Waals surface area contributed by atoms with Gasteiger partial charge >= 0.3 is 0 Å². The minimum absolute atomic E-state index is 0.269. The normalized spacial score (nSPS) is 18.9. The number of ether oxygens (including phenoxy) is 1. The fraction of sp³-hybridized carbons (Fsp3) is 0.462. The molecule has 4 nitrogen and oxygen atoms in total. The second-order valence-corrected chi connectivity index (χ2v) is 4.26. The van der Waals surface area contributed by atoms with E-state index < -0.39 is 0 Å². The molecular weight excluding hydrogens is 216 g/mol. The average Bonchev–Trinajstić information content (AvgIpc) is 2.77. The van der Waals surface area contributed by atoms with Crippen LogP contribution in [-0.4, -0.2) is 30.2 Å². The summed E-state index contributed by atoms with van der Waals surface area (Å²) in [6.07, 6.45) is 2.68. The molecule has 0 saturated heterocycles. The number of aromatic hydroxyl groups is 1. The number of phenols is 1. The van der Waals surface area contributed by atoms with Crippen molar-refractivity contribution in [2.75, 3.05) is 13.2 Å². The van der Waals surface area contributed by atoms with Crippen molar-refractivity contribution in [3.8, 4) is 5.75 Å². The number of hydrogen-bond donors (Lipinski definition) is 2. The zero-order valence-corrected chi connectivity index (χ0v) is 9.80. The Balaban J connectivity index is 1.89. The van der Waals surface area contributed by atoms with Crippen LogP contribution in [0.3, 0.4) is 0 Å². The van der Waals surface area contributed by atoms with Gasteiger partial charge in [0.15, 0.2) is 5.90 Å². The van der Waals surface area contributed by atoms with E-state index in [1.807, 2.05) is 12.1 Å². The van der Waals surface area contributed by atoms with E-state index in [2.05, 4.69) is 4.99 Å². The molecule has 0 radical (unpaired) electrons. The Bertz CT molecular complexity index is 387. The van der Waals surface area contributed by atoms with Crippen molar-refractivity contribution < 1.29 is 9.84 Å². The standard InChI is InChI=1S/C13H18N2O2/c14-7-1-2-11-9-17-13(15-11)8-10-3-5-12(16)6-4-10/h3-6,11,16H,1-2,7-9,14H2. The number of benzene rings is 1. The predicted molar refractivity (Wildman–Crippen MR) is 67.3 cm³/mol. The van der Waals surface area contributed by atoms with Crippen molar-refractivity contribution in [2.24, 2.45) is 10.7 Å². The van der Waals surface area contributed by atoms with Gasteiger partial charge in [-0.25, -0.2) is 4.99 Å². The van der Waals surface area contributed by atoms with Crippen LogP contribution in [0.15, 0.2) is 29.3 Å². The van der Waals surface area contributed by atoms with Crippen LogP contribution >= 0.6 is 0 Å². The average molecular weight is 234 g/mol. The smallest absolute Gasteiger partial charge is 0.188 e.